The average Bonchev–Trinajstić information content (AvgIpc) is 3.42. The number of fused-ring (bicyclic) bond motifs is 2. The zero-order chi connectivity index (χ0) is 24.4. The van der Waals surface area contributed by atoms with E-state index >= 15 is 0 Å². The number of carbonyl (C=O) groups is 4. The van der Waals surface area contributed by atoms with Crippen LogP contribution < -0.4 is 5.32 Å². The normalized spacial score (nSPS) is 14.6. The summed E-state index contributed by atoms with van der Waals surface area (Å²) in [4.78, 5) is 50.1. The van der Waals surface area contributed by atoms with E-state index in [2.05, 4.69) is 5.32 Å². The van der Waals surface area contributed by atoms with Gasteiger partial charge in [-0.2, -0.15) is 0 Å². The maximum atomic E-state index is 13.1. The molecule has 0 bridgehead atoms. The SMILES string of the molecule is CCC(C(=O)NC(CC(=O)O)C(=O)CF)N1Cc2cc(-c3ccc4occc4c3)ccc2C1=O. The van der Waals surface area contributed by atoms with Crippen molar-refractivity contribution in [1.29, 1.82) is 0 Å². The fourth-order valence-corrected chi connectivity index (χ4v) is 4.25. The second-order valence-electron chi connectivity index (χ2n) is 8.16. The summed E-state index contributed by atoms with van der Waals surface area (Å²) in [5, 5.41) is 12.2. The molecule has 4 rings (SSSR count). The minimum absolute atomic E-state index is 0.183. The summed E-state index contributed by atoms with van der Waals surface area (Å²) in [7, 11) is 0. The Morgan fingerprint density at radius 3 is 2.59 bits per heavy atom. The number of ketones is 1. The zero-order valence-electron chi connectivity index (χ0n) is 18.4. The third-order valence-electron chi connectivity index (χ3n) is 6.00. The second kappa shape index (κ2) is 9.46. The molecule has 2 atom stereocenters. The summed E-state index contributed by atoms with van der Waals surface area (Å²) >= 11 is 0. The molecule has 2 unspecified atom stereocenters. The molecule has 0 spiro atoms. The molecule has 2 N–H and O–H groups in total. The van der Waals surface area contributed by atoms with Gasteiger partial charge in [0, 0.05) is 17.5 Å². The van der Waals surface area contributed by atoms with E-state index in [4.69, 9.17) is 9.52 Å². The summed E-state index contributed by atoms with van der Waals surface area (Å²) in [6.45, 7) is 0.494. The number of carbonyl (C=O) groups excluding carboxylic acids is 3. The number of alkyl halides is 1. The lowest BCUT2D eigenvalue weighted by atomic mass is 9.99. The highest BCUT2D eigenvalue weighted by Crippen LogP contribution is 2.31. The van der Waals surface area contributed by atoms with Crippen LogP contribution in [0.25, 0.3) is 22.1 Å². The Hall–Kier alpha value is -4.01. The largest absolute Gasteiger partial charge is 0.481 e. The van der Waals surface area contributed by atoms with E-state index in [1.807, 2.05) is 36.4 Å². The van der Waals surface area contributed by atoms with Crippen LogP contribution in [0.1, 0.15) is 35.7 Å². The minimum atomic E-state index is -1.49. The minimum Gasteiger partial charge on any atom is -0.481 e. The molecule has 3 aromatic rings. The van der Waals surface area contributed by atoms with Gasteiger partial charge in [0.1, 0.15) is 24.3 Å². The van der Waals surface area contributed by atoms with Crippen molar-refractivity contribution >= 4 is 34.5 Å². The molecule has 2 amide bonds. The van der Waals surface area contributed by atoms with Gasteiger partial charge in [0.2, 0.25) is 5.91 Å². The number of benzene rings is 2. The Labute approximate surface area is 194 Å². The molecule has 1 aliphatic rings. The smallest absolute Gasteiger partial charge is 0.305 e. The maximum Gasteiger partial charge on any atom is 0.305 e. The van der Waals surface area contributed by atoms with Gasteiger partial charge in [-0.15, -0.1) is 0 Å². The molecule has 9 heteroatoms. The van der Waals surface area contributed by atoms with Gasteiger partial charge in [-0.1, -0.05) is 19.1 Å². The number of nitrogens with zero attached hydrogens (tertiary/aromatic N) is 1. The van der Waals surface area contributed by atoms with Gasteiger partial charge in [-0.25, -0.2) is 4.39 Å². The molecular weight excluding hydrogens is 443 g/mol. The van der Waals surface area contributed by atoms with Crippen molar-refractivity contribution in [1.82, 2.24) is 10.2 Å². The Bertz CT molecular complexity index is 1280. The molecule has 2 aromatic carbocycles. The van der Waals surface area contributed by atoms with Gasteiger partial charge in [-0.3, -0.25) is 19.2 Å². The number of carboxylic acid groups (broad SMARTS) is 1. The Balaban J connectivity index is 1.55. The zero-order valence-corrected chi connectivity index (χ0v) is 18.4. The molecule has 0 aliphatic carbocycles. The van der Waals surface area contributed by atoms with Crippen LogP contribution in [-0.4, -0.2) is 52.3 Å². The van der Waals surface area contributed by atoms with E-state index in [0.29, 0.717) is 5.56 Å². The van der Waals surface area contributed by atoms with Gasteiger partial charge in [0.15, 0.2) is 5.78 Å². The third kappa shape index (κ3) is 4.41. The Morgan fingerprint density at radius 1 is 1.15 bits per heavy atom. The number of amides is 2. The number of hydrogen-bond acceptors (Lipinski definition) is 5. The summed E-state index contributed by atoms with van der Waals surface area (Å²) in [5.74, 6) is -3.39. The first-order chi connectivity index (χ1) is 16.3. The van der Waals surface area contributed by atoms with Crippen LogP contribution in [-0.2, 0) is 20.9 Å². The fourth-order valence-electron chi connectivity index (χ4n) is 4.25. The van der Waals surface area contributed by atoms with Crippen molar-refractivity contribution < 1.29 is 33.1 Å². The van der Waals surface area contributed by atoms with Crippen LogP contribution in [0.5, 0.6) is 0 Å². The summed E-state index contributed by atoms with van der Waals surface area (Å²) in [6.07, 6.45) is 1.12. The first-order valence-corrected chi connectivity index (χ1v) is 10.8. The van der Waals surface area contributed by atoms with Gasteiger partial charge < -0.3 is 19.7 Å². The van der Waals surface area contributed by atoms with Crippen LogP contribution in [0.3, 0.4) is 0 Å². The molecule has 2 heterocycles. The topological polar surface area (TPSA) is 117 Å². The van der Waals surface area contributed by atoms with E-state index in [1.165, 1.54) is 4.90 Å². The molecular formula is C25H23FN2O6. The van der Waals surface area contributed by atoms with Crippen LogP contribution in [0.2, 0.25) is 0 Å². The van der Waals surface area contributed by atoms with E-state index < -0.39 is 42.8 Å². The van der Waals surface area contributed by atoms with Crippen molar-refractivity contribution in [3.63, 3.8) is 0 Å². The van der Waals surface area contributed by atoms with E-state index in [-0.39, 0.29) is 18.9 Å². The van der Waals surface area contributed by atoms with E-state index in [0.717, 1.165) is 27.7 Å². The van der Waals surface area contributed by atoms with Crippen molar-refractivity contribution in [3.8, 4) is 11.1 Å². The highest BCUT2D eigenvalue weighted by Gasteiger charge is 2.37. The number of rotatable bonds is 9. The summed E-state index contributed by atoms with van der Waals surface area (Å²) < 4.78 is 18.2. The van der Waals surface area contributed by atoms with Crippen molar-refractivity contribution in [2.45, 2.75) is 38.4 Å². The summed E-state index contributed by atoms with van der Waals surface area (Å²) in [6, 6.07) is 10.7. The van der Waals surface area contributed by atoms with Gasteiger partial charge in [0.05, 0.1) is 12.7 Å². The predicted octanol–water partition coefficient (Wildman–Crippen LogP) is 3.33. The lowest BCUT2D eigenvalue weighted by molar-refractivity contribution is -0.140. The van der Waals surface area contributed by atoms with E-state index in [1.54, 1.807) is 19.3 Å². The predicted molar refractivity (Wildman–Crippen MR) is 121 cm³/mol. The van der Waals surface area contributed by atoms with Gasteiger partial charge in [-0.05, 0) is 53.4 Å². The number of nitrogens with one attached hydrogen (secondary N) is 1. The second-order valence-corrected chi connectivity index (χ2v) is 8.16. The molecule has 0 saturated carbocycles. The average molecular weight is 466 g/mol. The highest BCUT2D eigenvalue weighted by molar-refractivity contribution is 6.02. The number of aliphatic carboxylic acids is 1. The fraction of sp³-hybridized carbons (Fsp3) is 0.280. The Kier molecular flexibility index (Phi) is 6.45. The first kappa shape index (κ1) is 23.2. The quantitative estimate of drug-likeness (QED) is 0.500. The molecule has 1 aromatic heterocycles. The monoisotopic (exact) mass is 466 g/mol. The molecule has 1 aliphatic heterocycles. The standard InChI is InChI=1S/C25H23FN2O6/c1-2-20(24(32)27-19(11-23(30)31)21(29)12-26)28-13-17-10-14(3-5-18(17)25(28)33)15-4-6-22-16(9-15)7-8-34-22/h3-10,19-20H,2,11-13H2,1H3,(H,27,32)(H,30,31). The van der Waals surface area contributed by atoms with Crippen LogP contribution in [0.15, 0.2) is 53.1 Å². The lowest BCUT2D eigenvalue weighted by Gasteiger charge is -2.27. The molecule has 0 radical (unpaired) electrons. The maximum absolute atomic E-state index is 13.1. The lowest BCUT2D eigenvalue weighted by Crippen LogP contribution is -2.52. The number of carboxylic acids is 1. The van der Waals surface area contributed by atoms with Crippen molar-refractivity contribution in [2.24, 2.45) is 0 Å². The molecule has 176 valence electrons. The van der Waals surface area contributed by atoms with Gasteiger partial charge >= 0.3 is 5.97 Å². The Morgan fingerprint density at radius 2 is 1.88 bits per heavy atom. The van der Waals surface area contributed by atoms with Gasteiger partial charge in [0.25, 0.3) is 5.91 Å². The number of hydrogen-bond donors (Lipinski definition) is 2. The molecule has 0 fully saturated rings. The molecule has 34 heavy (non-hydrogen) atoms. The number of furan rings is 1. The van der Waals surface area contributed by atoms with Crippen LogP contribution in [0.4, 0.5) is 4.39 Å². The van der Waals surface area contributed by atoms with Crippen molar-refractivity contribution in [2.75, 3.05) is 6.67 Å². The number of Topliss-reactive ketones (excluding diaryl/α,β-unsaturated/α-hetero) is 1. The molecule has 0 saturated heterocycles. The van der Waals surface area contributed by atoms with Crippen LogP contribution in [0, 0.1) is 0 Å². The third-order valence-corrected chi connectivity index (χ3v) is 6.00. The molecule has 8 nitrogen and oxygen atoms in total. The first-order valence-electron chi connectivity index (χ1n) is 10.8. The van der Waals surface area contributed by atoms with E-state index in [9.17, 15) is 23.6 Å². The highest BCUT2D eigenvalue weighted by atomic mass is 19.1. The van der Waals surface area contributed by atoms with Crippen molar-refractivity contribution in [3.05, 3.63) is 59.9 Å². The van der Waals surface area contributed by atoms with Crippen LogP contribution >= 0.6 is 0 Å². The number of halogens is 1. The summed E-state index contributed by atoms with van der Waals surface area (Å²) in [5.41, 5.74) is 3.86.